The molecular formula is C15H21NO4. The van der Waals surface area contributed by atoms with Crippen molar-refractivity contribution in [3.8, 4) is 5.75 Å². The maximum atomic E-state index is 11.7. The van der Waals surface area contributed by atoms with Gasteiger partial charge in [-0.05, 0) is 57.9 Å². The molecule has 0 aromatic heterocycles. The Balaban J connectivity index is 2.79. The number of carboxylic acid groups (broad SMARTS) is 1. The minimum atomic E-state index is -0.978. The molecule has 1 rings (SSSR count). The number of ether oxygens (including phenoxy) is 1. The molecule has 0 aliphatic rings. The summed E-state index contributed by atoms with van der Waals surface area (Å²) in [5.74, 6) is -0.633. The Morgan fingerprint density at radius 3 is 2.10 bits per heavy atom. The van der Waals surface area contributed by atoms with Crippen LogP contribution < -0.4 is 10.1 Å². The van der Waals surface area contributed by atoms with Crippen LogP contribution in [0.25, 0.3) is 0 Å². The van der Waals surface area contributed by atoms with Gasteiger partial charge < -0.3 is 15.2 Å². The van der Waals surface area contributed by atoms with E-state index in [1.165, 1.54) is 12.1 Å². The lowest BCUT2D eigenvalue weighted by Crippen LogP contribution is -2.43. The fourth-order valence-corrected chi connectivity index (χ4v) is 1.89. The van der Waals surface area contributed by atoms with Crippen LogP contribution >= 0.6 is 0 Å². The molecule has 0 saturated carbocycles. The van der Waals surface area contributed by atoms with Gasteiger partial charge in [-0.2, -0.15) is 0 Å². The molecule has 0 saturated heterocycles. The minimum Gasteiger partial charge on any atom is -0.483 e. The summed E-state index contributed by atoms with van der Waals surface area (Å²) in [6.45, 7) is 9.10. The quantitative estimate of drug-likeness (QED) is 0.886. The first-order valence-corrected chi connectivity index (χ1v) is 6.38. The number of rotatable bonds is 4. The van der Waals surface area contributed by atoms with Crippen molar-refractivity contribution in [2.45, 2.75) is 40.2 Å². The predicted octanol–water partition coefficient (Wildman–Crippen LogP) is 2.30. The van der Waals surface area contributed by atoms with Crippen LogP contribution in [0, 0.1) is 13.8 Å². The smallest absolute Gasteiger partial charge is 0.335 e. The monoisotopic (exact) mass is 279 g/mol. The number of aryl methyl sites for hydroxylation is 2. The van der Waals surface area contributed by atoms with Crippen LogP contribution in [0.4, 0.5) is 0 Å². The van der Waals surface area contributed by atoms with Crippen LogP contribution in [0.5, 0.6) is 5.75 Å². The highest BCUT2D eigenvalue weighted by molar-refractivity contribution is 5.88. The average molecular weight is 279 g/mol. The number of benzene rings is 1. The zero-order valence-electron chi connectivity index (χ0n) is 12.5. The molecule has 0 aliphatic carbocycles. The Hall–Kier alpha value is -2.04. The normalized spacial score (nSPS) is 11.1. The topological polar surface area (TPSA) is 75.6 Å². The van der Waals surface area contributed by atoms with Gasteiger partial charge in [-0.1, -0.05) is 0 Å². The standard InChI is InChI=1S/C15H21NO4/c1-9-6-11(14(18)19)7-10(2)13(9)20-8-12(17)16-15(3,4)5/h6-7H,8H2,1-5H3,(H,16,17)(H,18,19). The molecular weight excluding hydrogens is 258 g/mol. The molecule has 1 aromatic rings. The van der Waals surface area contributed by atoms with E-state index >= 15 is 0 Å². The van der Waals surface area contributed by atoms with Crippen LogP contribution in [0.15, 0.2) is 12.1 Å². The summed E-state index contributed by atoms with van der Waals surface area (Å²) < 4.78 is 5.51. The van der Waals surface area contributed by atoms with Crippen molar-refractivity contribution in [2.75, 3.05) is 6.61 Å². The molecule has 1 aromatic carbocycles. The number of nitrogens with one attached hydrogen (secondary N) is 1. The molecule has 0 spiro atoms. The summed E-state index contributed by atoms with van der Waals surface area (Å²) in [4.78, 5) is 22.6. The number of carbonyl (C=O) groups is 2. The molecule has 5 nitrogen and oxygen atoms in total. The lowest BCUT2D eigenvalue weighted by molar-refractivity contribution is -0.124. The fourth-order valence-electron chi connectivity index (χ4n) is 1.89. The number of aromatic carboxylic acids is 1. The summed E-state index contributed by atoms with van der Waals surface area (Å²) in [6.07, 6.45) is 0. The zero-order valence-corrected chi connectivity index (χ0v) is 12.5. The molecule has 20 heavy (non-hydrogen) atoms. The fraction of sp³-hybridized carbons (Fsp3) is 0.467. The molecule has 110 valence electrons. The van der Waals surface area contributed by atoms with Gasteiger partial charge in [0.1, 0.15) is 5.75 Å². The molecule has 0 unspecified atom stereocenters. The number of carboxylic acids is 1. The van der Waals surface area contributed by atoms with Crippen LogP contribution in [0.3, 0.4) is 0 Å². The van der Waals surface area contributed by atoms with E-state index < -0.39 is 5.97 Å². The summed E-state index contributed by atoms with van der Waals surface area (Å²) in [5.41, 5.74) is 1.31. The Bertz CT molecular complexity index is 506. The van der Waals surface area contributed by atoms with E-state index in [-0.39, 0.29) is 23.6 Å². The predicted molar refractivity (Wildman–Crippen MR) is 76.3 cm³/mol. The van der Waals surface area contributed by atoms with E-state index in [0.29, 0.717) is 16.9 Å². The second-order valence-electron chi connectivity index (χ2n) is 5.83. The highest BCUT2D eigenvalue weighted by Crippen LogP contribution is 2.24. The number of carbonyl (C=O) groups excluding carboxylic acids is 1. The van der Waals surface area contributed by atoms with Crippen molar-refractivity contribution in [1.29, 1.82) is 0 Å². The molecule has 0 aliphatic heterocycles. The van der Waals surface area contributed by atoms with Crippen LogP contribution in [-0.4, -0.2) is 29.1 Å². The Morgan fingerprint density at radius 1 is 1.20 bits per heavy atom. The summed E-state index contributed by atoms with van der Waals surface area (Å²) in [6, 6.07) is 3.07. The van der Waals surface area contributed by atoms with E-state index in [2.05, 4.69) is 5.32 Å². The Labute approximate surface area is 118 Å². The van der Waals surface area contributed by atoms with Gasteiger partial charge in [-0.25, -0.2) is 4.79 Å². The van der Waals surface area contributed by atoms with Crippen LogP contribution in [-0.2, 0) is 4.79 Å². The molecule has 0 heterocycles. The zero-order chi connectivity index (χ0) is 15.5. The summed E-state index contributed by atoms with van der Waals surface area (Å²) >= 11 is 0. The second-order valence-corrected chi connectivity index (χ2v) is 5.83. The third kappa shape index (κ3) is 4.57. The van der Waals surface area contributed by atoms with E-state index in [9.17, 15) is 9.59 Å². The van der Waals surface area contributed by atoms with Gasteiger partial charge in [0.15, 0.2) is 6.61 Å². The van der Waals surface area contributed by atoms with Gasteiger partial charge in [0.05, 0.1) is 5.56 Å². The highest BCUT2D eigenvalue weighted by Gasteiger charge is 2.16. The Morgan fingerprint density at radius 2 is 1.70 bits per heavy atom. The molecule has 5 heteroatoms. The van der Waals surface area contributed by atoms with Crippen molar-refractivity contribution in [2.24, 2.45) is 0 Å². The van der Waals surface area contributed by atoms with Gasteiger partial charge in [0.2, 0.25) is 0 Å². The van der Waals surface area contributed by atoms with E-state index in [1.54, 1.807) is 13.8 Å². The highest BCUT2D eigenvalue weighted by atomic mass is 16.5. The van der Waals surface area contributed by atoms with E-state index in [4.69, 9.17) is 9.84 Å². The van der Waals surface area contributed by atoms with Crippen molar-refractivity contribution in [3.63, 3.8) is 0 Å². The summed E-state index contributed by atoms with van der Waals surface area (Å²) in [5, 5.41) is 11.8. The Kier molecular flexibility index (Phi) is 4.76. The minimum absolute atomic E-state index is 0.0919. The maximum Gasteiger partial charge on any atom is 0.335 e. The molecule has 0 bridgehead atoms. The molecule has 1 amide bonds. The molecule has 0 radical (unpaired) electrons. The summed E-state index contributed by atoms with van der Waals surface area (Å²) in [7, 11) is 0. The third-order valence-electron chi connectivity index (χ3n) is 2.57. The van der Waals surface area contributed by atoms with Gasteiger partial charge in [0, 0.05) is 5.54 Å². The number of amides is 1. The van der Waals surface area contributed by atoms with Crippen molar-refractivity contribution in [3.05, 3.63) is 28.8 Å². The first-order chi connectivity index (χ1) is 9.10. The number of hydrogen-bond donors (Lipinski definition) is 2. The second kappa shape index (κ2) is 5.94. The van der Waals surface area contributed by atoms with Gasteiger partial charge in [-0.15, -0.1) is 0 Å². The third-order valence-corrected chi connectivity index (χ3v) is 2.57. The van der Waals surface area contributed by atoms with Crippen LogP contribution in [0.2, 0.25) is 0 Å². The lowest BCUT2D eigenvalue weighted by atomic mass is 10.1. The molecule has 0 fully saturated rings. The lowest BCUT2D eigenvalue weighted by Gasteiger charge is -2.21. The van der Waals surface area contributed by atoms with E-state index in [1.807, 2.05) is 20.8 Å². The van der Waals surface area contributed by atoms with Crippen molar-refractivity contribution < 1.29 is 19.4 Å². The molecule has 0 atom stereocenters. The van der Waals surface area contributed by atoms with Crippen molar-refractivity contribution in [1.82, 2.24) is 5.32 Å². The van der Waals surface area contributed by atoms with Crippen molar-refractivity contribution >= 4 is 11.9 Å². The number of hydrogen-bond acceptors (Lipinski definition) is 3. The first kappa shape index (κ1) is 16.0. The van der Waals surface area contributed by atoms with E-state index in [0.717, 1.165) is 0 Å². The average Bonchev–Trinajstić information content (AvgIpc) is 2.24. The van der Waals surface area contributed by atoms with Gasteiger partial charge in [-0.3, -0.25) is 4.79 Å². The molecule has 2 N–H and O–H groups in total. The maximum absolute atomic E-state index is 11.7. The van der Waals surface area contributed by atoms with Gasteiger partial charge >= 0.3 is 5.97 Å². The van der Waals surface area contributed by atoms with Crippen LogP contribution in [0.1, 0.15) is 42.3 Å². The van der Waals surface area contributed by atoms with Gasteiger partial charge in [0.25, 0.3) is 5.91 Å². The largest absolute Gasteiger partial charge is 0.483 e. The SMILES string of the molecule is Cc1cc(C(=O)O)cc(C)c1OCC(=O)NC(C)(C)C. The first-order valence-electron chi connectivity index (χ1n) is 6.38.